The van der Waals surface area contributed by atoms with Crippen molar-refractivity contribution in [3.05, 3.63) is 128 Å². The van der Waals surface area contributed by atoms with Crippen LogP contribution < -0.4 is 9.62 Å². The van der Waals surface area contributed by atoms with Gasteiger partial charge in [0.2, 0.25) is 11.8 Å². The molecule has 12 heteroatoms. The fraction of sp³-hybridized carbons (Fsp3) is 0.212. The van der Waals surface area contributed by atoms with Crippen molar-refractivity contribution >= 4 is 73.9 Å². The molecule has 236 valence electrons. The summed E-state index contributed by atoms with van der Waals surface area (Å²) >= 11 is 25.5. The van der Waals surface area contributed by atoms with E-state index in [1.807, 2.05) is 37.3 Å². The second-order valence-corrected chi connectivity index (χ2v) is 13.7. The summed E-state index contributed by atoms with van der Waals surface area (Å²) in [5, 5.41) is 3.73. The zero-order valence-corrected chi connectivity index (χ0v) is 28.4. The third kappa shape index (κ3) is 8.51. The van der Waals surface area contributed by atoms with Gasteiger partial charge in [-0.2, -0.15) is 0 Å². The predicted molar refractivity (Wildman–Crippen MR) is 182 cm³/mol. The third-order valence-corrected chi connectivity index (χ3v) is 10.3. The Morgan fingerprint density at radius 2 is 1.44 bits per heavy atom. The SMILES string of the molecule is CCNC(=O)C(Cc1ccccc1)N(Cc1c(Cl)cccc1Cl)C(=O)CN(c1ccc(Cl)c(Cl)c1)S(=O)(=O)c1ccc(C)cc1. The molecule has 0 fully saturated rings. The summed E-state index contributed by atoms with van der Waals surface area (Å²) in [6, 6.07) is 23.7. The van der Waals surface area contributed by atoms with Gasteiger partial charge in [0.15, 0.2) is 0 Å². The van der Waals surface area contributed by atoms with Crippen molar-refractivity contribution in [1.82, 2.24) is 10.2 Å². The minimum Gasteiger partial charge on any atom is -0.355 e. The molecule has 2 amide bonds. The molecular weight excluding hydrogens is 676 g/mol. The van der Waals surface area contributed by atoms with Crippen molar-refractivity contribution in [2.24, 2.45) is 0 Å². The second-order valence-electron chi connectivity index (χ2n) is 10.2. The summed E-state index contributed by atoms with van der Waals surface area (Å²) in [5.74, 6) is -1.08. The fourth-order valence-corrected chi connectivity index (χ4v) is 6.92. The Morgan fingerprint density at radius 3 is 2.04 bits per heavy atom. The van der Waals surface area contributed by atoms with E-state index < -0.39 is 34.4 Å². The van der Waals surface area contributed by atoms with E-state index in [2.05, 4.69) is 5.32 Å². The van der Waals surface area contributed by atoms with E-state index in [0.29, 0.717) is 22.2 Å². The molecule has 0 aliphatic carbocycles. The van der Waals surface area contributed by atoms with E-state index in [9.17, 15) is 18.0 Å². The lowest BCUT2D eigenvalue weighted by atomic mass is 10.0. The van der Waals surface area contributed by atoms with E-state index in [1.54, 1.807) is 37.3 Å². The first-order valence-electron chi connectivity index (χ1n) is 14.0. The minimum absolute atomic E-state index is 0.0303. The number of nitrogens with zero attached hydrogens (tertiary/aromatic N) is 2. The number of rotatable bonds is 12. The van der Waals surface area contributed by atoms with Gasteiger partial charge in [0.05, 0.1) is 20.6 Å². The van der Waals surface area contributed by atoms with Gasteiger partial charge >= 0.3 is 0 Å². The second kappa shape index (κ2) is 15.3. The molecule has 0 aromatic heterocycles. The quantitative estimate of drug-likeness (QED) is 0.165. The molecule has 1 atom stereocenters. The van der Waals surface area contributed by atoms with Gasteiger partial charge in [-0.25, -0.2) is 8.42 Å². The maximum Gasteiger partial charge on any atom is 0.264 e. The van der Waals surface area contributed by atoms with Gasteiger partial charge in [-0.05, 0) is 61.9 Å². The van der Waals surface area contributed by atoms with E-state index in [4.69, 9.17) is 46.4 Å². The molecule has 0 saturated carbocycles. The Hall–Kier alpha value is -3.27. The number of carbonyl (C=O) groups is 2. The molecule has 0 aliphatic rings. The van der Waals surface area contributed by atoms with Crippen molar-refractivity contribution in [2.45, 2.75) is 37.8 Å². The lowest BCUT2D eigenvalue weighted by Crippen LogP contribution is -2.53. The number of nitrogens with one attached hydrogen (secondary N) is 1. The molecule has 1 unspecified atom stereocenters. The number of halogens is 4. The van der Waals surface area contributed by atoms with E-state index >= 15 is 0 Å². The van der Waals surface area contributed by atoms with Crippen molar-refractivity contribution in [1.29, 1.82) is 0 Å². The Bertz CT molecular complexity index is 1750. The largest absolute Gasteiger partial charge is 0.355 e. The van der Waals surface area contributed by atoms with Crippen LogP contribution in [0.25, 0.3) is 0 Å². The number of hydrogen-bond acceptors (Lipinski definition) is 4. The molecule has 4 rings (SSSR count). The maximum atomic E-state index is 14.5. The number of sulfonamides is 1. The molecule has 0 saturated heterocycles. The highest BCUT2D eigenvalue weighted by molar-refractivity contribution is 7.92. The van der Waals surface area contributed by atoms with Crippen LogP contribution in [-0.4, -0.2) is 44.3 Å². The van der Waals surface area contributed by atoms with Crippen molar-refractivity contribution in [3.8, 4) is 0 Å². The van der Waals surface area contributed by atoms with Crippen molar-refractivity contribution in [2.75, 3.05) is 17.4 Å². The molecule has 45 heavy (non-hydrogen) atoms. The topological polar surface area (TPSA) is 86.8 Å². The van der Waals surface area contributed by atoms with Crippen LogP contribution in [0.2, 0.25) is 20.1 Å². The van der Waals surface area contributed by atoms with Crippen LogP contribution in [0.4, 0.5) is 5.69 Å². The molecule has 0 aliphatic heterocycles. The van der Waals surface area contributed by atoms with Crippen LogP contribution in [0.1, 0.15) is 23.6 Å². The van der Waals surface area contributed by atoms with Gasteiger partial charge in [-0.1, -0.05) is 100 Å². The van der Waals surface area contributed by atoms with Crippen LogP contribution in [0.5, 0.6) is 0 Å². The first-order chi connectivity index (χ1) is 21.4. The normalized spacial score (nSPS) is 12.0. The first kappa shape index (κ1) is 34.6. The van der Waals surface area contributed by atoms with Crippen LogP contribution in [0.3, 0.4) is 0 Å². The zero-order valence-electron chi connectivity index (χ0n) is 24.5. The number of benzene rings is 4. The highest BCUT2D eigenvalue weighted by Crippen LogP contribution is 2.32. The number of hydrogen-bond donors (Lipinski definition) is 1. The summed E-state index contributed by atoms with van der Waals surface area (Å²) in [6.45, 7) is 3.10. The van der Waals surface area contributed by atoms with Gasteiger partial charge in [0.25, 0.3) is 10.0 Å². The van der Waals surface area contributed by atoms with Gasteiger partial charge in [0, 0.05) is 35.1 Å². The van der Waals surface area contributed by atoms with Gasteiger partial charge < -0.3 is 10.2 Å². The number of aryl methyl sites for hydroxylation is 1. The van der Waals surface area contributed by atoms with Gasteiger partial charge in [0.1, 0.15) is 12.6 Å². The summed E-state index contributed by atoms with van der Waals surface area (Å²) in [4.78, 5) is 29.4. The molecule has 0 bridgehead atoms. The molecule has 4 aromatic rings. The molecule has 0 spiro atoms. The zero-order chi connectivity index (χ0) is 32.7. The summed E-state index contributed by atoms with van der Waals surface area (Å²) in [7, 11) is -4.30. The smallest absolute Gasteiger partial charge is 0.264 e. The average molecular weight is 708 g/mol. The maximum absolute atomic E-state index is 14.5. The Kier molecular flexibility index (Phi) is 11.8. The number of carbonyl (C=O) groups excluding carboxylic acids is 2. The van der Waals surface area contributed by atoms with Crippen LogP contribution >= 0.6 is 46.4 Å². The standard InChI is InChI=1S/C33H31Cl4N3O4S/c1-3-38-33(42)31(18-23-8-5-4-6-9-23)39(20-26-27(34)10-7-11-28(26)35)32(41)21-40(24-14-17-29(36)30(37)19-24)45(43,44)25-15-12-22(2)13-16-25/h4-17,19,31H,3,18,20-21H2,1-2H3,(H,38,42). The fourth-order valence-electron chi connectivity index (χ4n) is 4.71. The van der Waals surface area contributed by atoms with Crippen LogP contribution in [0.15, 0.2) is 95.9 Å². The van der Waals surface area contributed by atoms with E-state index in [0.717, 1.165) is 15.4 Å². The summed E-state index contributed by atoms with van der Waals surface area (Å²) in [5.41, 5.74) is 2.19. The Morgan fingerprint density at radius 1 is 0.800 bits per heavy atom. The van der Waals surface area contributed by atoms with E-state index in [-0.39, 0.29) is 33.6 Å². The molecule has 0 heterocycles. The predicted octanol–water partition coefficient (Wildman–Crippen LogP) is 7.58. The van der Waals surface area contributed by atoms with Crippen molar-refractivity contribution < 1.29 is 18.0 Å². The number of likely N-dealkylation sites (N-methyl/N-ethyl adjacent to an activating group) is 1. The van der Waals surface area contributed by atoms with E-state index in [1.165, 1.54) is 35.2 Å². The molecule has 1 N–H and O–H groups in total. The number of amides is 2. The molecular formula is C33H31Cl4N3O4S. The first-order valence-corrected chi connectivity index (χ1v) is 17.0. The molecule has 4 aromatic carbocycles. The highest BCUT2D eigenvalue weighted by atomic mass is 35.5. The summed E-state index contributed by atoms with van der Waals surface area (Å²) < 4.78 is 29.2. The minimum atomic E-state index is -4.30. The third-order valence-electron chi connectivity index (χ3n) is 7.09. The van der Waals surface area contributed by atoms with Crippen molar-refractivity contribution in [3.63, 3.8) is 0 Å². The van der Waals surface area contributed by atoms with Gasteiger partial charge in [-0.15, -0.1) is 0 Å². The number of anilines is 1. The lowest BCUT2D eigenvalue weighted by Gasteiger charge is -2.34. The Balaban J connectivity index is 1.84. The molecule has 0 radical (unpaired) electrons. The van der Waals surface area contributed by atoms with Gasteiger partial charge in [-0.3, -0.25) is 13.9 Å². The van der Waals surface area contributed by atoms with Crippen LogP contribution in [-0.2, 0) is 32.6 Å². The highest BCUT2D eigenvalue weighted by Gasteiger charge is 2.35. The van der Waals surface area contributed by atoms with Crippen LogP contribution in [0, 0.1) is 6.92 Å². The molecule has 7 nitrogen and oxygen atoms in total. The Labute approximate surface area is 283 Å². The lowest BCUT2D eigenvalue weighted by molar-refractivity contribution is -0.140. The monoisotopic (exact) mass is 705 g/mol. The summed E-state index contributed by atoms with van der Waals surface area (Å²) in [6.07, 6.45) is 0.151. The average Bonchev–Trinajstić information content (AvgIpc) is 3.01.